The summed E-state index contributed by atoms with van der Waals surface area (Å²) in [5.41, 5.74) is 0.807. The normalized spacial score (nSPS) is 19.2. The molecule has 0 aliphatic carbocycles. The zero-order valence-electron chi connectivity index (χ0n) is 7.99. The summed E-state index contributed by atoms with van der Waals surface area (Å²) in [6.45, 7) is 3.20. The monoisotopic (exact) mass is 184 g/mol. The highest BCUT2D eigenvalue weighted by Gasteiger charge is 2.12. The second kappa shape index (κ2) is 5.56. The molecule has 1 aliphatic heterocycles. The summed E-state index contributed by atoms with van der Waals surface area (Å²) in [5.74, 6) is 0.296. The molecule has 0 bridgehead atoms. The molecule has 1 aliphatic rings. The first kappa shape index (κ1) is 10.0. The van der Waals surface area contributed by atoms with Crippen LogP contribution in [0.5, 0.6) is 0 Å². The van der Waals surface area contributed by atoms with Crippen LogP contribution in [0.25, 0.3) is 0 Å². The number of hydrogen-bond donors (Lipinski definition) is 1. The number of nitrogens with zero attached hydrogens (tertiary/aromatic N) is 2. The van der Waals surface area contributed by atoms with Gasteiger partial charge in [-0.3, -0.25) is 4.99 Å². The van der Waals surface area contributed by atoms with E-state index in [9.17, 15) is 0 Å². The maximum Gasteiger partial charge on any atom is 0.271 e. The molecule has 0 aromatic rings. The van der Waals surface area contributed by atoms with Crippen molar-refractivity contribution in [2.24, 2.45) is 10.1 Å². The molecule has 0 unspecified atom stereocenters. The van der Waals surface area contributed by atoms with Crippen LogP contribution in [-0.2, 0) is 4.74 Å². The first-order chi connectivity index (χ1) is 6.38. The minimum absolute atomic E-state index is 0.296. The van der Waals surface area contributed by atoms with Crippen LogP contribution in [0.1, 0.15) is 32.6 Å². The van der Waals surface area contributed by atoms with E-state index < -0.39 is 0 Å². The van der Waals surface area contributed by atoms with Gasteiger partial charge in [-0.05, 0) is 31.3 Å². The van der Waals surface area contributed by atoms with E-state index in [-0.39, 0.29) is 0 Å². The van der Waals surface area contributed by atoms with Crippen LogP contribution in [0.2, 0.25) is 0 Å². The maximum absolute atomic E-state index is 8.68. The fourth-order valence-corrected chi connectivity index (χ4v) is 1.36. The minimum atomic E-state index is 0.296. The van der Waals surface area contributed by atoms with Crippen LogP contribution < -0.4 is 0 Å². The lowest BCUT2D eigenvalue weighted by Gasteiger charge is -2.06. The molecule has 0 saturated carbocycles. The first-order valence-corrected chi connectivity index (χ1v) is 4.77. The molecule has 74 valence electrons. The van der Waals surface area contributed by atoms with Crippen molar-refractivity contribution in [1.82, 2.24) is 0 Å². The highest BCUT2D eigenvalue weighted by atomic mass is 16.5. The first-order valence-electron chi connectivity index (χ1n) is 4.77. The molecule has 0 radical (unpaired) electrons. The Hall–Kier alpha value is -1.06. The molecule has 0 fully saturated rings. The Morgan fingerprint density at radius 2 is 2.38 bits per heavy atom. The van der Waals surface area contributed by atoms with E-state index in [4.69, 9.17) is 9.94 Å². The van der Waals surface area contributed by atoms with E-state index in [1.165, 1.54) is 6.42 Å². The van der Waals surface area contributed by atoms with E-state index in [2.05, 4.69) is 10.1 Å². The van der Waals surface area contributed by atoms with Gasteiger partial charge in [0.25, 0.3) is 5.90 Å². The van der Waals surface area contributed by atoms with Gasteiger partial charge in [0.2, 0.25) is 0 Å². The predicted molar refractivity (Wildman–Crippen MR) is 51.6 cm³/mol. The Labute approximate surface area is 78.3 Å². The van der Waals surface area contributed by atoms with Crippen molar-refractivity contribution in [2.45, 2.75) is 32.6 Å². The lowest BCUT2D eigenvalue weighted by atomic mass is 10.1. The standard InChI is InChI=1S/C9H16N2O2/c1-2-13-9(11-12)8-6-4-3-5-7-10-8/h12H,2-7H2,1H3/b11-9+. The van der Waals surface area contributed by atoms with Crippen LogP contribution in [0.4, 0.5) is 0 Å². The zero-order chi connectivity index (χ0) is 9.52. The van der Waals surface area contributed by atoms with Gasteiger partial charge in [0, 0.05) is 6.54 Å². The molecule has 13 heavy (non-hydrogen) atoms. The fraction of sp³-hybridized carbons (Fsp3) is 0.778. The molecule has 4 heteroatoms. The molecule has 4 nitrogen and oxygen atoms in total. The number of rotatable bonds is 2. The SMILES string of the molecule is CCO/C(=N/O)C1=NCCCCC1. The van der Waals surface area contributed by atoms with Crippen LogP contribution in [0, 0.1) is 0 Å². The van der Waals surface area contributed by atoms with Gasteiger partial charge < -0.3 is 9.94 Å². The van der Waals surface area contributed by atoms with Gasteiger partial charge in [-0.2, -0.15) is 0 Å². The average molecular weight is 184 g/mol. The third-order valence-electron chi connectivity index (χ3n) is 1.99. The second-order valence-corrected chi connectivity index (χ2v) is 2.98. The molecule has 0 spiro atoms. The molecule has 0 saturated heterocycles. The number of hydrogen-bond acceptors (Lipinski definition) is 4. The van der Waals surface area contributed by atoms with Gasteiger partial charge >= 0.3 is 0 Å². The van der Waals surface area contributed by atoms with E-state index in [1.807, 2.05) is 6.92 Å². The van der Waals surface area contributed by atoms with Gasteiger partial charge in [0.15, 0.2) is 0 Å². The molecule has 1 N–H and O–H groups in total. The Kier molecular flexibility index (Phi) is 4.29. The summed E-state index contributed by atoms with van der Waals surface area (Å²) in [4.78, 5) is 4.31. The molecule has 0 amide bonds. The van der Waals surface area contributed by atoms with Crippen LogP contribution in [0.15, 0.2) is 10.1 Å². The molecule has 0 aromatic carbocycles. The van der Waals surface area contributed by atoms with Crippen LogP contribution >= 0.6 is 0 Å². The van der Waals surface area contributed by atoms with Gasteiger partial charge in [-0.25, -0.2) is 0 Å². The summed E-state index contributed by atoms with van der Waals surface area (Å²) in [7, 11) is 0. The van der Waals surface area contributed by atoms with Crippen molar-refractivity contribution < 1.29 is 9.94 Å². The van der Waals surface area contributed by atoms with E-state index in [0.29, 0.717) is 12.5 Å². The smallest absolute Gasteiger partial charge is 0.271 e. The van der Waals surface area contributed by atoms with Gasteiger partial charge in [-0.15, -0.1) is 0 Å². The number of ether oxygens (including phenoxy) is 1. The maximum atomic E-state index is 8.68. The Morgan fingerprint density at radius 1 is 1.54 bits per heavy atom. The summed E-state index contributed by atoms with van der Waals surface area (Å²) in [5, 5.41) is 11.8. The molecule has 1 rings (SSSR count). The largest absolute Gasteiger partial charge is 0.475 e. The molecule has 0 atom stereocenters. The zero-order valence-corrected chi connectivity index (χ0v) is 7.99. The Morgan fingerprint density at radius 3 is 3.08 bits per heavy atom. The number of aliphatic imine (C=N–C) groups is 1. The van der Waals surface area contributed by atoms with Crippen LogP contribution in [0.3, 0.4) is 0 Å². The molecule has 1 heterocycles. The topological polar surface area (TPSA) is 54.2 Å². The fourth-order valence-electron chi connectivity index (χ4n) is 1.36. The third-order valence-corrected chi connectivity index (χ3v) is 1.99. The lowest BCUT2D eigenvalue weighted by molar-refractivity contribution is 0.269. The summed E-state index contributed by atoms with van der Waals surface area (Å²) >= 11 is 0. The minimum Gasteiger partial charge on any atom is -0.475 e. The lowest BCUT2D eigenvalue weighted by Crippen LogP contribution is -2.17. The molecular formula is C9H16N2O2. The summed E-state index contributed by atoms with van der Waals surface area (Å²) in [6.07, 6.45) is 4.27. The Bertz CT molecular complexity index is 212. The van der Waals surface area contributed by atoms with E-state index in [0.717, 1.165) is 31.5 Å². The third kappa shape index (κ3) is 3.05. The second-order valence-electron chi connectivity index (χ2n) is 2.98. The van der Waals surface area contributed by atoms with Gasteiger partial charge in [0.1, 0.15) is 0 Å². The number of oxime groups is 1. The van der Waals surface area contributed by atoms with Crippen molar-refractivity contribution in [3.8, 4) is 0 Å². The van der Waals surface area contributed by atoms with Crippen molar-refractivity contribution in [2.75, 3.05) is 13.2 Å². The summed E-state index contributed by atoms with van der Waals surface area (Å²) in [6, 6.07) is 0. The van der Waals surface area contributed by atoms with Crippen molar-refractivity contribution in [1.29, 1.82) is 0 Å². The van der Waals surface area contributed by atoms with Crippen molar-refractivity contribution in [3.05, 3.63) is 0 Å². The van der Waals surface area contributed by atoms with Crippen molar-refractivity contribution in [3.63, 3.8) is 0 Å². The van der Waals surface area contributed by atoms with E-state index >= 15 is 0 Å². The Balaban J connectivity index is 2.60. The predicted octanol–water partition coefficient (Wildman–Crippen LogP) is 1.83. The quantitative estimate of drug-likeness (QED) is 0.308. The summed E-state index contributed by atoms with van der Waals surface area (Å²) < 4.78 is 5.16. The highest BCUT2D eigenvalue weighted by Crippen LogP contribution is 2.08. The van der Waals surface area contributed by atoms with Crippen LogP contribution in [-0.4, -0.2) is 30.0 Å². The van der Waals surface area contributed by atoms with Gasteiger partial charge in [-0.1, -0.05) is 6.42 Å². The van der Waals surface area contributed by atoms with E-state index in [1.54, 1.807) is 0 Å². The van der Waals surface area contributed by atoms with Gasteiger partial charge in [0.05, 0.1) is 12.3 Å². The molecular weight excluding hydrogens is 168 g/mol. The average Bonchev–Trinajstić information content (AvgIpc) is 2.42. The molecule has 0 aromatic heterocycles. The highest BCUT2D eigenvalue weighted by molar-refractivity contribution is 6.38. The van der Waals surface area contributed by atoms with Crippen molar-refractivity contribution >= 4 is 11.6 Å².